The number of ether oxygens (including phenoxy) is 2. The molecule has 0 radical (unpaired) electrons. The van der Waals surface area contributed by atoms with Gasteiger partial charge in [-0.05, 0) is 39.0 Å². The molecule has 2 rings (SSSR count). The highest BCUT2D eigenvalue weighted by atomic mass is 32.1. The van der Waals surface area contributed by atoms with Crippen molar-refractivity contribution in [2.75, 3.05) is 7.11 Å². The maximum atomic E-state index is 14.4. The standard InChI is InChI=1S/C19H16F4O4S/c1-19(2,3)27-12(24)8-5-9-14(20)16(22)13(17(23)15(9)21)10-6-7-11(28-10)18(25)26-4/h5-8H,1-4H3/b8-5+. The quantitative estimate of drug-likeness (QED) is 0.301. The molecule has 0 bridgehead atoms. The van der Waals surface area contributed by atoms with E-state index in [1.165, 1.54) is 6.07 Å². The summed E-state index contributed by atoms with van der Waals surface area (Å²) in [5.74, 6) is -8.35. The molecule has 2 aromatic rings. The van der Waals surface area contributed by atoms with Crippen LogP contribution in [0.4, 0.5) is 17.6 Å². The predicted octanol–water partition coefficient (Wildman–Crippen LogP) is 5.11. The van der Waals surface area contributed by atoms with Crippen molar-refractivity contribution in [2.24, 2.45) is 0 Å². The van der Waals surface area contributed by atoms with E-state index >= 15 is 0 Å². The van der Waals surface area contributed by atoms with E-state index in [2.05, 4.69) is 4.74 Å². The van der Waals surface area contributed by atoms with Gasteiger partial charge in [-0.2, -0.15) is 0 Å². The van der Waals surface area contributed by atoms with E-state index in [0.29, 0.717) is 23.5 Å². The van der Waals surface area contributed by atoms with Crippen LogP contribution in [-0.2, 0) is 14.3 Å². The Hall–Kier alpha value is -2.68. The predicted molar refractivity (Wildman–Crippen MR) is 95.8 cm³/mol. The van der Waals surface area contributed by atoms with E-state index in [1.807, 2.05) is 0 Å². The van der Waals surface area contributed by atoms with Crippen LogP contribution in [0.3, 0.4) is 0 Å². The molecule has 0 saturated carbocycles. The molecule has 1 aromatic carbocycles. The van der Waals surface area contributed by atoms with E-state index in [-0.39, 0.29) is 9.75 Å². The van der Waals surface area contributed by atoms with Gasteiger partial charge in [0, 0.05) is 11.0 Å². The molecule has 150 valence electrons. The number of rotatable bonds is 4. The molecule has 0 aliphatic carbocycles. The van der Waals surface area contributed by atoms with Crippen molar-refractivity contribution in [1.29, 1.82) is 0 Å². The normalized spacial score (nSPS) is 11.7. The molecule has 9 heteroatoms. The maximum Gasteiger partial charge on any atom is 0.348 e. The minimum Gasteiger partial charge on any atom is -0.465 e. The molecule has 1 aromatic heterocycles. The van der Waals surface area contributed by atoms with E-state index in [4.69, 9.17) is 4.74 Å². The zero-order valence-electron chi connectivity index (χ0n) is 15.4. The van der Waals surface area contributed by atoms with Crippen LogP contribution in [-0.4, -0.2) is 24.6 Å². The lowest BCUT2D eigenvalue weighted by molar-refractivity contribution is -0.148. The molecule has 0 amide bonds. The Kier molecular flexibility index (Phi) is 6.28. The number of carbonyl (C=O) groups is 2. The molecule has 0 spiro atoms. The maximum absolute atomic E-state index is 14.4. The number of thiophene rings is 1. The van der Waals surface area contributed by atoms with E-state index < -0.39 is 51.9 Å². The van der Waals surface area contributed by atoms with Crippen LogP contribution in [0.25, 0.3) is 16.5 Å². The summed E-state index contributed by atoms with van der Waals surface area (Å²) in [4.78, 5) is 22.9. The largest absolute Gasteiger partial charge is 0.465 e. The monoisotopic (exact) mass is 416 g/mol. The second-order valence-electron chi connectivity index (χ2n) is 6.57. The number of methoxy groups -OCH3 is 1. The Morgan fingerprint density at radius 1 is 1.00 bits per heavy atom. The summed E-state index contributed by atoms with van der Waals surface area (Å²) in [6, 6.07) is 2.37. The van der Waals surface area contributed by atoms with Gasteiger partial charge in [0.2, 0.25) is 0 Å². The minimum absolute atomic E-state index is 0.00557. The van der Waals surface area contributed by atoms with Gasteiger partial charge < -0.3 is 9.47 Å². The second kappa shape index (κ2) is 8.14. The molecule has 0 unspecified atom stereocenters. The van der Waals surface area contributed by atoms with Crippen molar-refractivity contribution in [3.05, 3.63) is 51.9 Å². The summed E-state index contributed by atoms with van der Waals surface area (Å²) < 4.78 is 67.0. The smallest absolute Gasteiger partial charge is 0.348 e. The van der Waals surface area contributed by atoms with Crippen LogP contribution in [0.2, 0.25) is 0 Å². The highest BCUT2D eigenvalue weighted by molar-refractivity contribution is 7.17. The highest BCUT2D eigenvalue weighted by Crippen LogP contribution is 2.36. The van der Waals surface area contributed by atoms with Crippen molar-refractivity contribution < 1.29 is 36.6 Å². The van der Waals surface area contributed by atoms with Gasteiger partial charge in [0.25, 0.3) is 0 Å². The van der Waals surface area contributed by atoms with E-state index in [1.54, 1.807) is 20.8 Å². The topological polar surface area (TPSA) is 52.6 Å². The second-order valence-corrected chi connectivity index (χ2v) is 7.65. The molecule has 0 atom stereocenters. The van der Waals surface area contributed by atoms with Gasteiger partial charge in [-0.25, -0.2) is 27.2 Å². The third kappa shape index (κ3) is 4.59. The molecule has 4 nitrogen and oxygen atoms in total. The summed E-state index contributed by atoms with van der Waals surface area (Å²) in [7, 11) is 1.12. The summed E-state index contributed by atoms with van der Waals surface area (Å²) in [6.07, 6.45) is 1.27. The first-order valence-corrected chi connectivity index (χ1v) is 8.73. The first kappa shape index (κ1) is 21.6. The minimum atomic E-state index is -1.68. The summed E-state index contributed by atoms with van der Waals surface area (Å²) in [5, 5.41) is 0. The number of benzene rings is 1. The molecule has 0 aliphatic rings. The fraction of sp³-hybridized carbons (Fsp3) is 0.263. The molecule has 28 heavy (non-hydrogen) atoms. The third-order valence-corrected chi connectivity index (χ3v) is 4.41. The SMILES string of the molecule is COC(=O)c1ccc(-c2c(F)c(F)c(/C=C/C(=O)OC(C)(C)C)c(F)c2F)s1. The first-order chi connectivity index (χ1) is 13.0. The summed E-state index contributed by atoms with van der Waals surface area (Å²) in [6.45, 7) is 4.74. The van der Waals surface area contributed by atoms with Crippen LogP contribution in [0.15, 0.2) is 18.2 Å². The van der Waals surface area contributed by atoms with Crippen LogP contribution < -0.4 is 0 Å². The van der Waals surface area contributed by atoms with Crippen molar-refractivity contribution >= 4 is 29.4 Å². The molecular formula is C19H16F4O4S. The fourth-order valence-electron chi connectivity index (χ4n) is 2.18. The zero-order valence-corrected chi connectivity index (χ0v) is 16.2. The Morgan fingerprint density at radius 2 is 1.57 bits per heavy atom. The van der Waals surface area contributed by atoms with Gasteiger partial charge in [-0.1, -0.05) is 0 Å². The van der Waals surface area contributed by atoms with Crippen molar-refractivity contribution in [2.45, 2.75) is 26.4 Å². The van der Waals surface area contributed by atoms with E-state index in [0.717, 1.165) is 13.2 Å². The van der Waals surface area contributed by atoms with Crippen LogP contribution >= 0.6 is 11.3 Å². The highest BCUT2D eigenvalue weighted by Gasteiger charge is 2.27. The van der Waals surface area contributed by atoms with Crippen LogP contribution in [0.1, 0.15) is 36.0 Å². The Balaban J connectivity index is 2.47. The molecule has 1 heterocycles. The summed E-state index contributed by atoms with van der Waals surface area (Å²) >= 11 is 0.615. The zero-order chi connectivity index (χ0) is 21.2. The Labute approximate surface area is 162 Å². The Morgan fingerprint density at radius 3 is 2.07 bits per heavy atom. The number of hydrogen-bond acceptors (Lipinski definition) is 5. The number of carbonyl (C=O) groups excluding carboxylic acids is 2. The van der Waals surface area contributed by atoms with Gasteiger partial charge in [0.1, 0.15) is 10.5 Å². The van der Waals surface area contributed by atoms with Crippen molar-refractivity contribution in [3.63, 3.8) is 0 Å². The lowest BCUT2D eigenvalue weighted by Crippen LogP contribution is -2.22. The molecule has 0 saturated heterocycles. The van der Waals surface area contributed by atoms with E-state index in [9.17, 15) is 27.2 Å². The molecule has 0 aliphatic heterocycles. The molecule has 0 N–H and O–H groups in total. The summed E-state index contributed by atoms with van der Waals surface area (Å²) in [5.41, 5.74) is -2.87. The lowest BCUT2D eigenvalue weighted by Gasteiger charge is -2.18. The number of esters is 2. The molecular weight excluding hydrogens is 400 g/mol. The lowest BCUT2D eigenvalue weighted by atomic mass is 10.1. The fourth-order valence-corrected chi connectivity index (χ4v) is 3.14. The van der Waals surface area contributed by atoms with Gasteiger partial charge in [-0.3, -0.25) is 0 Å². The number of halogens is 4. The Bertz CT molecular complexity index is 929. The first-order valence-electron chi connectivity index (χ1n) is 7.91. The van der Waals surface area contributed by atoms with Gasteiger partial charge in [-0.15, -0.1) is 11.3 Å². The van der Waals surface area contributed by atoms with Crippen LogP contribution in [0.5, 0.6) is 0 Å². The van der Waals surface area contributed by atoms with Crippen molar-refractivity contribution in [3.8, 4) is 10.4 Å². The average Bonchev–Trinajstić information content (AvgIpc) is 3.07. The third-order valence-electron chi connectivity index (χ3n) is 3.33. The van der Waals surface area contributed by atoms with Gasteiger partial charge in [0.15, 0.2) is 23.3 Å². The van der Waals surface area contributed by atoms with Crippen LogP contribution in [0, 0.1) is 23.3 Å². The molecule has 0 fully saturated rings. The number of hydrogen-bond donors (Lipinski definition) is 0. The average molecular weight is 416 g/mol. The van der Waals surface area contributed by atoms with Gasteiger partial charge in [0.05, 0.1) is 18.2 Å². The van der Waals surface area contributed by atoms with Crippen molar-refractivity contribution in [1.82, 2.24) is 0 Å². The van der Waals surface area contributed by atoms with Gasteiger partial charge >= 0.3 is 11.9 Å².